The summed E-state index contributed by atoms with van der Waals surface area (Å²) in [4.78, 5) is 11.3. The van der Waals surface area contributed by atoms with E-state index in [9.17, 15) is 4.79 Å². The summed E-state index contributed by atoms with van der Waals surface area (Å²) in [5, 5.41) is 0. The Morgan fingerprint density at radius 2 is 1.05 bits per heavy atom. The molecule has 2 heteroatoms. The minimum absolute atomic E-state index is 0.336. The summed E-state index contributed by atoms with van der Waals surface area (Å²) in [7, 11) is 0. The molecular formula is C18H35ClO. The Labute approximate surface area is 131 Å². The topological polar surface area (TPSA) is 17.1 Å². The molecule has 0 spiro atoms. The minimum Gasteiger partial charge on any atom is -0.300 e. The third kappa shape index (κ3) is 16.0. The molecule has 0 aromatic rings. The molecule has 0 N–H and O–H groups in total. The number of unbranched alkanes of at least 4 members (excludes halogenated alkanes) is 12. The molecule has 0 aromatic heterocycles. The minimum atomic E-state index is 0.336. The molecule has 0 saturated heterocycles. The second kappa shape index (κ2) is 17.0. The molecule has 0 aliphatic heterocycles. The molecular weight excluding hydrogens is 268 g/mol. The van der Waals surface area contributed by atoms with Crippen molar-refractivity contribution in [1.82, 2.24) is 0 Å². The largest absolute Gasteiger partial charge is 0.300 e. The summed E-state index contributed by atoms with van der Waals surface area (Å²) < 4.78 is 0. The van der Waals surface area contributed by atoms with Crippen LogP contribution in [0.3, 0.4) is 0 Å². The summed E-state index contributed by atoms with van der Waals surface area (Å²) in [5.74, 6) is 0.820. The standard InChI is InChI=1S/C18H35ClO/c1-2-3-4-5-6-7-8-9-10-11-12-13-14-15-18(20)16-17-19/h2-17H2,1H3. The highest BCUT2D eigenvalue weighted by atomic mass is 35.5. The van der Waals surface area contributed by atoms with E-state index in [1.165, 1.54) is 77.0 Å². The third-order valence-corrected chi connectivity index (χ3v) is 4.12. The molecule has 0 bridgehead atoms. The summed E-state index contributed by atoms with van der Waals surface area (Å²) >= 11 is 5.53. The number of carbonyl (C=O) groups excluding carboxylic acids is 1. The molecule has 0 aliphatic carbocycles. The predicted octanol–water partition coefficient (Wildman–Crippen LogP) is 6.67. The maximum atomic E-state index is 11.3. The van der Waals surface area contributed by atoms with Crippen molar-refractivity contribution in [3.8, 4) is 0 Å². The van der Waals surface area contributed by atoms with E-state index in [0.29, 0.717) is 18.1 Å². The SMILES string of the molecule is CCCCCCCCCCCCCCCC(=O)CCCl. The summed E-state index contributed by atoms with van der Waals surface area (Å²) in [6.45, 7) is 2.27. The van der Waals surface area contributed by atoms with Crippen LogP contribution in [-0.2, 0) is 4.79 Å². The van der Waals surface area contributed by atoms with Crippen molar-refractivity contribution >= 4 is 17.4 Å². The van der Waals surface area contributed by atoms with E-state index in [0.717, 1.165) is 12.8 Å². The van der Waals surface area contributed by atoms with Crippen molar-refractivity contribution in [3.63, 3.8) is 0 Å². The first-order chi connectivity index (χ1) is 9.81. The van der Waals surface area contributed by atoms with Crippen molar-refractivity contribution in [2.75, 3.05) is 5.88 Å². The van der Waals surface area contributed by atoms with Crippen LogP contribution in [0.2, 0.25) is 0 Å². The average Bonchev–Trinajstić information content (AvgIpc) is 2.44. The van der Waals surface area contributed by atoms with Crippen LogP contribution < -0.4 is 0 Å². The summed E-state index contributed by atoms with van der Waals surface area (Å²) in [6.07, 6.45) is 18.9. The zero-order valence-corrected chi connectivity index (χ0v) is 14.4. The summed E-state index contributed by atoms with van der Waals surface area (Å²) in [5.41, 5.74) is 0. The van der Waals surface area contributed by atoms with E-state index in [2.05, 4.69) is 6.92 Å². The van der Waals surface area contributed by atoms with Crippen molar-refractivity contribution in [2.24, 2.45) is 0 Å². The van der Waals surface area contributed by atoms with Crippen LogP contribution in [0.4, 0.5) is 0 Å². The second-order valence-electron chi connectivity index (χ2n) is 5.97. The molecule has 0 amide bonds. The fourth-order valence-corrected chi connectivity index (χ4v) is 2.78. The fourth-order valence-electron chi connectivity index (χ4n) is 2.57. The molecule has 0 aromatic carbocycles. The zero-order valence-electron chi connectivity index (χ0n) is 13.6. The number of hydrogen-bond donors (Lipinski definition) is 0. The first kappa shape index (κ1) is 20.0. The maximum Gasteiger partial charge on any atom is 0.134 e. The van der Waals surface area contributed by atoms with E-state index in [1.54, 1.807) is 0 Å². The van der Waals surface area contributed by atoms with Crippen LogP contribution in [0.1, 0.15) is 103 Å². The van der Waals surface area contributed by atoms with Crippen LogP contribution in [0.15, 0.2) is 0 Å². The molecule has 1 nitrogen and oxygen atoms in total. The number of alkyl halides is 1. The fraction of sp³-hybridized carbons (Fsp3) is 0.944. The van der Waals surface area contributed by atoms with Gasteiger partial charge in [-0.1, -0.05) is 84.0 Å². The van der Waals surface area contributed by atoms with Gasteiger partial charge in [-0.3, -0.25) is 4.79 Å². The lowest BCUT2D eigenvalue weighted by Gasteiger charge is -2.03. The highest BCUT2D eigenvalue weighted by molar-refractivity contribution is 6.19. The van der Waals surface area contributed by atoms with E-state index >= 15 is 0 Å². The Hall–Kier alpha value is -0.0400. The Balaban J connectivity index is 3.01. The molecule has 0 atom stereocenters. The van der Waals surface area contributed by atoms with Crippen molar-refractivity contribution in [2.45, 2.75) is 103 Å². The van der Waals surface area contributed by atoms with Crippen molar-refractivity contribution in [1.29, 1.82) is 0 Å². The van der Waals surface area contributed by atoms with Gasteiger partial charge in [0, 0.05) is 18.7 Å². The normalized spacial score (nSPS) is 10.9. The number of hydrogen-bond acceptors (Lipinski definition) is 1. The van der Waals surface area contributed by atoms with Gasteiger partial charge in [0.1, 0.15) is 5.78 Å². The quantitative estimate of drug-likeness (QED) is 0.230. The molecule has 0 fully saturated rings. The third-order valence-electron chi connectivity index (χ3n) is 3.93. The molecule has 120 valence electrons. The molecule has 0 unspecified atom stereocenters. The van der Waals surface area contributed by atoms with E-state index in [-0.39, 0.29) is 0 Å². The van der Waals surface area contributed by atoms with E-state index in [1.807, 2.05) is 0 Å². The van der Waals surface area contributed by atoms with Crippen molar-refractivity contribution in [3.05, 3.63) is 0 Å². The lowest BCUT2D eigenvalue weighted by molar-refractivity contribution is -0.118. The Morgan fingerprint density at radius 3 is 1.45 bits per heavy atom. The molecule has 0 heterocycles. The van der Waals surface area contributed by atoms with Gasteiger partial charge < -0.3 is 0 Å². The van der Waals surface area contributed by atoms with Crippen LogP contribution >= 0.6 is 11.6 Å². The maximum absolute atomic E-state index is 11.3. The van der Waals surface area contributed by atoms with Gasteiger partial charge in [0.05, 0.1) is 0 Å². The first-order valence-electron chi connectivity index (χ1n) is 8.89. The highest BCUT2D eigenvalue weighted by Gasteiger charge is 2.00. The monoisotopic (exact) mass is 302 g/mol. The van der Waals surface area contributed by atoms with Gasteiger partial charge in [-0.25, -0.2) is 0 Å². The second-order valence-corrected chi connectivity index (χ2v) is 6.35. The predicted molar refractivity (Wildman–Crippen MR) is 90.7 cm³/mol. The van der Waals surface area contributed by atoms with E-state index < -0.39 is 0 Å². The Kier molecular flexibility index (Phi) is 17.0. The number of halogens is 1. The van der Waals surface area contributed by atoms with Crippen molar-refractivity contribution < 1.29 is 4.79 Å². The van der Waals surface area contributed by atoms with Gasteiger partial charge in [-0.05, 0) is 6.42 Å². The Bertz CT molecular complexity index is 204. The summed E-state index contributed by atoms with van der Waals surface area (Å²) in [6, 6.07) is 0. The van der Waals surface area contributed by atoms with Crippen LogP contribution in [0.5, 0.6) is 0 Å². The van der Waals surface area contributed by atoms with Gasteiger partial charge in [-0.2, -0.15) is 0 Å². The highest BCUT2D eigenvalue weighted by Crippen LogP contribution is 2.13. The van der Waals surface area contributed by atoms with Gasteiger partial charge in [0.2, 0.25) is 0 Å². The van der Waals surface area contributed by atoms with Gasteiger partial charge in [-0.15, -0.1) is 11.6 Å². The molecule has 0 radical (unpaired) electrons. The van der Waals surface area contributed by atoms with Crippen LogP contribution in [0.25, 0.3) is 0 Å². The molecule has 0 saturated carbocycles. The number of Topliss-reactive ketones (excluding diaryl/α,β-unsaturated/α-hetero) is 1. The van der Waals surface area contributed by atoms with Gasteiger partial charge >= 0.3 is 0 Å². The number of carbonyl (C=O) groups is 1. The smallest absolute Gasteiger partial charge is 0.134 e. The Morgan fingerprint density at radius 1 is 0.650 bits per heavy atom. The average molecular weight is 303 g/mol. The number of rotatable bonds is 16. The van der Waals surface area contributed by atoms with Gasteiger partial charge in [0.15, 0.2) is 0 Å². The molecule has 0 rings (SSSR count). The van der Waals surface area contributed by atoms with Crippen LogP contribution in [-0.4, -0.2) is 11.7 Å². The molecule has 20 heavy (non-hydrogen) atoms. The lowest BCUT2D eigenvalue weighted by Crippen LogP contribution is -1.97. The lowest BCUT2D eigenvalue weighted by atomic mass is 10.0. The first-order valence-corrected chi connectivity index (χ1v) is 9.42. The van der Waals surface area contributed by atoms with Crippen LogP contribution in [0, 0.1) is 0 Å². The molecule has 0 aliphatic rings. The number of ketones is 1. The van der Waals surface area contributed by atoms with Gasteiger partial charge in [0.25, 0.3) is 0 Å². The van der Waals surface area contributed by atoms with E-state index in [4.69, 9.17) is 11.6 Å². The zero-order chi connectivity index (χ0) is 14.9.